The summed E-state index contributed by atoms with van der Waals surface area (Å²) in [5.41, 5.74) is 1.77. The summed E-state index contributed by atoms with van der Waals surface area (Å²) in [5.74, 6) is 0. The predicted molar refractivity (Wildman–Crippen MR) is 71.0 cm³/mol. The minimum Gasteiger partial charge on any atom is -0.379 e. The Balaban J connectivity index is 2.06. The summed E-state index contributed by atoms with van der Waals surface area (Å²) in [6.07, 6.45) is 1.67. The van der Waals surface area contributed by atoms with Crippen molar-refractivity contribution in [3.63, 3.8) is 0 Å². The lowest BCUT2D eigenvalue weighted by molar-refractivity contribution is 0.588. The van der Waals surface area contributed by atoms with Crippen LogP contribution in [-0.4, -0.2) is 30.5 Å². The Labute approximate surface area is 111 Å². The van der Waals surface area contributed by atoms with Crippen LogP contribution in [0.15, 0.2) is 35.4 Å². The first kappa shape index (κ1) is 13.5. The van der Waals surface area contributed by atoms with Gasteiger partial charge in [-0.1, -0.05) is 5.21 Å². The SMILES string of the molecule is CNS(=O)(=O)c1ccc(NCc2cnnn2C)cc1. The number of aromatic nitrogens is 3. The summed E-state index contributed by atoms with van der Waals surface area (Å²) in [4.78, 5) is 0.239. The molecule has 0 spiro atoms. The number of anilines is 1. The maximum atomic E-state index is 11.6. The molecule has 0 aliphatic rings. The van der Waals surface area contributed by atoms with Crippen LogP contribution < -0.4 is 10.0 Å². The Bertz CT molecular complexity index is 648. The lowest BCUT2D eigenvalue weighted by Crippen LogP contribution is -2.18. The average molecular weight is 281 g/mol. The summed E-state index contributed by atoms with van der Waals surface area (Å²) < 4.78 is 27.0. The van der Waals surface area contributed by atoms with Crippen LogP contribution in [0.5, 0.6) is 0 Å². The number of nitrogens with one attached hydrogen (secondary N) is 2. The molecule has 1 aromatic carbocycles. The van der Waals surface area contributed by atoms with Gasteiger partial charge in [0.1, 0.15) is 0 Å². The number of nitrogens with zero attached hydrogens (tertiary/aromatic N) is 3. The summed E-state index contributed by atoms with van der Waals surface area (Å²) >= 11 is 0. The van der Waals surface area contributed by atoms with Crippen molar-refractivity contribution in [2.24, 2.45) is 7.05 Å². The van der Waals surface area contributed by atoms with Gasteiger partial charge in [0.2, 0.25) is 10.0 Å². The predicted octanol–water partition coefficient (Wildman–Crippen LogP) is 0.335. The second-order valence-corrected chi connectivity index (χ2v) is 5.82. The molecular formula is C11H15N5O2S. The largest absolute Gasteiger partial charge is 0.379 e. The van der Waals surface area contributed by atoms with Crippen molar-refractivity contribution in [3.05, 3.63) is 36.2 Å². The molecule has 0 bridgehead atoms. The van der Waals surface area contributed by atoms with Gasteiger partial charge in [0.15, 0.2) is 0 Å². The number of sulfonamides is 1. The molecule has 2 N–H and O–H groups in total. The average Bonchev–Trinajstić information content (AvgIpc) is 2.82. The summed E-state index contributed by atoms with van der Waals surface area (Å²) in [6.45, 7) is 0.571. The molecule has 0 aliphatic carbocycles. The standard InChI is InChI=1S/C11H15N5O2S/c1-12-19(17,18)11-5-3-9(4-6-11)13-7-10-8-14-15-16(10)2/h3-6,8,12-13H,7H2,1-2H3. The van der Waals surface area contributed by atoms with Gasteiger partial charge < -0.3 is 5.32 Å². The third kappa shape index (κ3) is 3.09. The first-order valence-corrected chi connectivity index (χ1v) is 7.12. The monoisotopic (exact) mass is 281 g/mol. The van der Waals surface area contributed by atoms with Crippen LogP contribution in [0.2, 0.25) is 0 Å². The molecule has 1 aromatic heterocycles. The molecule has 2 rings (SSSR count). The summed E-state index contributed by atoms with van der Waals surface area (Å²) in [7, 11) is -0.184. The second kappa shape index (κ2) is 5.37. The minimum atomic E-state index is -3.38. The molecule has 8 heteroatoms. The van der Waals surface area contributed by atoms with Gasteiger partial charge in [-0.2, -0.15) is 0 Å². The molecule has 19 heavy (non-hydrogen) atoms. The fourth-order valence-corrected chi connectivity index (χ4v) is 2.26. The number of aryl methyl sites for hydroxylation is 1. The zero-order chi connectivity index (χ0) is 13.9. The fourth-order valence-electron chi connectivity index (χ4n) is 1.53. The van der Waals surface area contributed by atoms with E-state index in [1.807, 2.05) is 7.05 Å². The first-order valence-electron chi connectivity index (χ1n) is 5.64. The number of benzene rings is 1. The lowest BCUT2D eigenvalue weighted by Gasteiger charge is -2.07. The van der Waals surface area contributed by atoms with Crippen LogP contribution >= 0.6 is 0 Å². The molecule has 0 radical (unpaired) electrons. The summed E-state index contributed by atoms with van der Waals surface area (Å²) in [6, 6.07) is 6.54. The highest BCUT2D eigenvalue weighted by Gasteiger charge is 2.10. The molecule has 7 nitrogen and oxygen atoms in total. The van der Waals surface area contributed by atoms with Gasteiger partial charge in [0, 0.05) is 12.7 Å². The number of hydrogen-bond donors (Lipinski definition) is 2. The third-order valence-corrected chi connectivity index (χ3v) is 4.15. The van der Waals surface area contributed by atoms with Crippen molar-refractivity contribution < 1.29 is 8.42 Å². The van der Waals surface area contributed by atoms with Crippen molar-refractivity contribution in [2.45, 2.75) is 11.4 Å². The molecule has 0 atom stereocenters. The maximum Gasteiger partial charge on any atom is 0.240 e. The Hall–Kier alpha value is -1.93. The smallest absolute Gasteiger partial charge is 0.240 e. The van der Waals surface area contributed by atoms with E-state index in [-0.39, 0.29) is 4.90 Å². The normalized spacial score (nSPS) is 11.5. The van der Waals surface area contributed by atoms with Crippen molar-refractivity contribution in [1.82, 2.24) is 19.7 Å². The quantitative estimate of drug-likeness (QED) is 0.824. The summed E-state index contributed by atoms with van der Waals surface area (Å²) in [5, 5.41) is 10.8. The highest BCUT2D eigenvalue weighted by molar-refractivity contribution is 7.89. The number of hydrogen-bond acceptors (Lipinski definition) is 5. The Morgan fingerprint density at radius 3 is 2.47 bits per heavy atom. The molecule has 0 amide bonds. The van der Waals surface area contributed by atoms with E-state index < -0.39 is 10.0 Å². The van der Waals surface area contributed by atoms with E-state index in [1.54, 1.807) is 35.1 Å². The topological polar surface area (TPSA) is 88.9 Å². The zero-order valence-electron chi connectivity index (χ0n) is 10.7. The Kier molecular flexibility index (Phi) is 3.82. The van der Waals surface area contributed by atoms with Gasteiger partial charge >= 0.3 is 0 Å². The molecule has 1 heterocycles. The van der Waals surface area contributed by atoms with E-state index in [4.69, 9.17) is 0 Å². The van der Waals surface area contributed by atoms with Gasteiger partial charge in [-0.15, -0.1) is 5.10 Å². The number of rotatable bonds is 5. The van der Waals surface area contributed by atoms with Crippen LogP contribution in [0.25, 0.3) is 0 Å². The van der Waals surface area contributed by atoms with Crippen molar-refractivity contribution in [1.29, 1.82) is 0 Å². The second-order valence-electron chi connectivity index (χ2n) is 3.93. The highest BCUT2D eigenvalue weighted by atomic mass is 32.2. The Morgan fingerprint density at radius 1 is 1.26 bits per heavy atom. The third-order valence-electron chi connectivity index (χ3n) is 2.72. The molecule has 0 unspecified atom stereocenters. The van der Waals surface area contributed by atoms with Crippen LogP contribution in [0.3, 0.4) is 0 Å². The van der Waals surface area contributed by atoms with E-state index in [9.17, 15) is 8.42 Å². The van der Waals surface area contributed by atoms with E-state index in [0.29, 0.717) is 6.54 Å². The van der Waals surface area contributed by atoms with Crippen LogP contribution in [0, 0.1) is 0 Å². The molecule has 0 saturated carbocycles. The first-order chi connectivity index (χ1) is 9.03. The molecular weight excluding hydrogens is 266 g/mol. The molecule has 0 fully saturated rings. The van der Waals surface area contributed by atoms with Crippen molar-refractivity contribution in [3.8, 4) is 0 Å². The van der Waals surface area contributed by atoms with E-state index in [1.165, 1.54) is 7.05 Å². The van der Waals surface area contributed by atoms with E-state index in [2.05, 4.69) is 20.4 Å². The van der Waals surface area contributed by atoms with Crippen molar-refractivity contribution in [2.75, 3.05) is 12.4 Å². The minimum absolute atomic E-state index is 0.239. The maximum absolute atomic E-state index is 11.6. The van der Waals surface area contributed by atoms with Crippen molar-refractivity contribution >= 4 is 15.7 Å². The van der Waals surface area contributed by atoms with Gasteiger partial charge in [-0.05, 0) is 31.3 Å². The van der Waals surface area contributed by atoms with Crippen LogP contribution in [0.1, 0.15) is 5.69 Å². The van der Waals surface area contributed by atoms with Crippen LogP contribution in [-0.2, 0) is 23.6 Å². The van der Waals surface area contributed by atoms with Gasteiger partial charge in [0.05, 0.1) is 23.3 Å². The van der Waals surface area contributed by atoms with E-state index >= 15 is 0 Å². The molecule has 2 aromatic rings. The van der Waals surface area contributed by atoms with E-state index in [0.717, 1.165) is 11.4 Å². The lowest BCUT2D eigenvalue weighted by atomic mass is 10.3. The van der Waals surface area contributed by atoms with Gasteiger partial charge in [0.25, 0.3) is 0 Å². The molecule has 102 valence electrons. The zero-order valence-corrected chi connectivity index (χ0v) is 11.5. The van der Waals surface area contributed by atoms with Crippen LogP contribution in [0.4, 0.5) is 5.69 Å². The molecule has 0 saturated heterocycles. The highest BCUT2D eigenvalue weighted by Crippen LogP contribution is 2.14. The Morgan fingerprint density at radius 2 is 1.95 bits per heavy atom. The fraction of sp³-hybridized carbons (Fsp3) is 0.273. The van der Waals surface area contributed by atoms with Gasteiger partial charge in [-0.3, -0.25) is 4.68 Å². The van der Waals surface area contributed by atoms with Gasteiger partial charge in [-0.25, -0.2) is 13.1 Å². The molecule has 0 aliphatic heterocycles.